The van der Waals surface area contributed by atoms with Crippen LogP contribution in [0.2, 0.25) is 0 Å². The van der Waals surface area contributed by atoms with Crippen molar-refractivity contribution in [1.29, 1.82) is 0 Å². The van der Waals surface area contributed by atoms with Gasteiger partial charge in [-0.15, -0.1) is 0 Å². The van der Waals surface area contributed by atoms with E-state index in [9.17, 15) is 14.4 Å². The molecule has 0 radical (unpaired) electrons. The average Bonchev–Trinajstić information content (AvgIpc) is 2.78. The van der Waals surface area contributed by atoms with E-state index in [-0.39, 0.29) is 18.0 Å². The van der Waals surface area contributed by atoms with E-state index in [1.165, 1.54) is 0 Å². The first-order chi connectivity index (χ1) is 15.1. The number of hydrogen-bond donors (Lipinski definition) is 1. The van der Waals surface area contributed by atoms with Gasteiger partial charge in [0.05, 0.1) is 0 Å². The van der Waals surface area contributed by atoms with Crippen molar-refractivity contribution < 1.29 is 19.1 Å². The van der Waals surface area contributed by atoms with Crippen LogP contribution in [0.3, 0.4) is 0 Å². The first kappa shape index (κ1) is 23.7. The lowest BCUT2D eigenvalue weighted by molar-refractivity contribution is -0.134. The van der Waals surface area contributed by atoms with Crippen molar-refractivity contribution in [3.05, 3.63) is 30.3 Å². The third kappa shape index (κ3) is 6.27. The van der Waals surface area contributed by atoms with E-state index in [1.807, 2.05) is 39.0 Å². The van der Waals surface area contributed by atoms with Gasteiger partial charge in [0.2, 0.25) is 5.91 Å². The van der Waals surface area contributed by atoms with Crippen LogP contribution in [0.15, 0.2) is 30.3 Å². The molecule has 0 bridgehead atoms. The maximum atomic E-state index is 12.8. The number of para-hydroxylation sites is 1. The number of ether oxygens (including phenoxy) is 1. The standard InChI is InChI=1S/C23H35N5O4/c1-18(20(29)26-12-16-28(17-13-26)22(31)32-23(2,3)4)24-21(30)27-14-10-25(11-15-27)19-8-6-5-7-9-19/h5-9,18H,10-17H2,1-4H3,(H,24,30)/t18-/m0/s1. The van der Waals surface area contributed by atoms with Crippen LogP contribution in [0.1, 0.15) is 27.7 Å². The number of carbonyl (C=O) groups excluding carboxylic acids is 3. The fourth-order valence-corrected chi connectivity index (χ4v) is 3.85. The van der Waals surface area contributed by atoms with E-state index in [4.69, 9.17) is 4.74 Å². The molecule has 32 heavy (non-hydrogen) atoms. The van der Waals surface area contributed by atoms with Gasteiger partial charge in [-0.1, -0.05) is 18.2 Å². The molecule has 2 aliphatic rings. The Morgan fingerprint density at radius 1 is 0.844 bits per heavy atom. The Labute approximate surface area is 190 Å². The van der Waals surface area contributed by atoms with Gasteiger partial charge in [0.1, 0.15) is 11.6 Å². The van der Waals surface area contributed by atoms with Gasteiger partial charge in [0, 0.05) is 58.0 Å². The lowest BCUT2D eigenvalue weighted by atomic mass is 10.2. The summed E-state index contributed by atoms with van der Waals surface area (Å²) in [5.41, 5.74) is 0.608. The molecule has 0 unspecified atom stereocenters. The second-order valence-electron chi connectivity index (χ2n) is 9.27. The summed E-state index contributed by atoms with van der Waals surface area (Å²) < 4.78 is 5.39. The van der Waals surface area contributed by atoms with Gasteiger partial charge in [-0.3, -0.25) is 4.79 Å². The van der Waals surface area contributed by atoms with Crippen molar-refractivity contribution >= 4 is 23.7 Å². The van der Waals surface area contributed by atoms with Crippen LogP contribution in [0.5, 0.6) is 0 Å². The maximum absolute atomic E-state index is 12.8. The summed E-state index contributed by atoms with van der Waals surface area (Å²) in [5, 5.41) is 2.84. The molecule has 2 saturated heterocycles. The number of nitrogens with one attached hydrogen (secondary N) is 1. The molecule has 1 aromatic carbocycles. The highest BCUT2D eigenvalue weighted by molar-refractivity contribution is 5.87. The van der Waals surface area contributed by atoms with E-state index in [1.54, 1.807) is 21.6 Å². The smallest absolute Gasteiger partial charge is 0.410 e. The van der Waals surface area contributed by atoms with Crippen LogP contribution < -0.4 is 10.2 Å². The van der Waals surface area contributed by atoms with E-state index in [0.29, 0.717) is 39.3 Å². The molecule has 9 nitrogen and oxygen atoms in total. The minimum atomic E-state index is -0.622. The van der Waals surface area contributed by atoms with Crippen LogP contribution >= 0.6 is 0 Å². The van der Waals surface area contributed by atoms with E-state index >= 15 is 0 Å². The lowest BCUT2D eigenvalue weighted by Gasteiger charge is -2.38. The van der Waals surface area contributed by atoms with Gasteiger partial charge in [0.15, 0.2) is 0 Å². The highest BCUT2D eigenvalue weighted by Crippen LogP contribution is 2.16. The highest BCUT2D eigenvalue weighted by atomic mass is 16.6. The summed E-state index contributed by atoms with van der Waals surface area (Å²) in [4.78, 5) is 45.0. The van der Waals surface area contributed by atoms with Crippen LogP contribution in [-0.2, 0) is 9.53 Å². The number of carbonyl (C=O) groups is 3. The molecule has 0 aliphatic carbocycles. The van der Waals surface area contributed by atoms with Gasteiger partial charge in [-0.25, -0.2) is 9.59 Å². The number of anilines is 1. The average molecular weight is 446 g/mol. The van der Waals surface area contributed by atoms with Crippen LogP contribution in [0.4, 0.5) is 15.3 Å². The number of benzene rings is 1. The molecule has 2 aliphatic heterocycles. The van der Waals surface area contributed by atoms with Gasteiger partial charge < -0.3 is 29.7 Å². The molecular formula is C23H35N5O4. The second-order valence-corrected chi connectivity index (χ2v) is 9.27. The first-order valence-electron chi connectivity index (χ1n) is 11.3. The Morgan fingerprint density at radius 2 is 1.38 bits per heavy atom. The number of amides is 4. The molecule has 0 spiro atoms. The predicted molar refractivity (Wildman–Crippen MR) is 123 cm³/mol. The van der Waals surface area contributed by atoms with Gasteiger partial charge >= 0.3 is 12.1 Å². The van der Waals surface area contributed by atoms with Gasteiger partial charge in [-0.2, -0.15) is 0 Å². The molecule has 4 amide bonds. The molecule has 2 fully saturated rings. The normalized spacial score (nSPS) is 18.2. The largest absolute Gasteiger partial charge is 0.444 e. The Hall–Kier alpha value is -2.97. The van der Waals surface area contributed by atoms with Crippen molar-refractivity contribution in [3.8, 4) is 0 Å². The third-order valence-corrected chi connectivity index (χ3v) is 5.64. The molecule has 9 heteroatoms. The Morgan fingerprint density at radius 3 is 1.94 bits per heavy atom. The molecule has 1 aromatic rings. The minimum Gasteiger partial charge on any atom is -0.444 e. The lowest BCUT2D eigenvalue weighted by Crippen LogP contribution is -2.58. The summed E-state index contributed by atoms with van der Waals surface area (Å²) in [6.45, 7) is 11.6. The van der Waals surface area contributed by atoms with Crippen molar-refractivity contribution in [3.63, 3.8) is 0 Å². The van der Waals surface area contributed by atoms with Crippen LogP contribution in [-0.4, -0.2) is 96.7 Å². The topological polar surface area (TPSA) is 85.4 Å². The zero-order chi connectivity index (χ0) is 23.3. The number of rotatable bonds is 3. The summed E-state index contributed by atoms with van der Waals surface area (Å²) in [6.07, 6.45) is -0.361. The Balaban J connectivity index is 1.42. The Bertz CT molecular complexity index is 794. The molecule has 1 N–H and O–H groups in total. The van der Waals surface area contributed by atoms with Crippen molar-refractivity contribution in [1.82, 2.24) is 20.0 Å². The SMILES string of the molecule is C[C@H](NC(=O)N1CCN(c2ccccc2)CC1)C(=O)N1CCN(C(=O)OC(C)(C)C)CC1. The van der Waals surface area contributed by atoms with Crippen LogP contribution in [0.25, 0.3) is 0 Å². The fraction of sp³-hybridized carbons (Fsp3) is 0.609. The highest BCUT2D eigenvalue weighted by Gasteiger charge is 2.31. The number of hydrogen-bond acceptors (Lipinski definition) is 5. The number of urea groups is 1. The summed E-state index contributed by atoms with van der Waals surface area (Å²) in [6, 6.07) is 9.30. The summed E-state index contributed by atoms with van der Waals surface area (Å²) >= 11 is 0. The zero-order valence-corrected chi connectivity index (χ0v) is 19.5. The van der Waals surface area contributed by atoms with Crippen molar-refractivity contribution in [2.75, 3.05) is 57.3 Å². The molecule has 1 atom stereocenters. The summed E-state index contributed by atoms with van der Waals surface area (Å²) in [5.74, 6) is -0.134. The van der Waals surface area contributed by atoms with Crippen molar-refractivity contribution in [2.45, 2.75) is 39.3 Å². The second kappa shape index (κ2) is 10.1. The monoisotopic (exact) mass is 445 g/mol. The van der Waals surface area contributed by atoms with E-state index in [0.717, 1.165) is 18.8 Å². The molecule has 0 saturated carbocycles. The third-order valence-electron chi connectivity index (χ3n) is 5.64. The molecule has 3 rings (SSSR count). The molecular weight excluding hydrogens is 410 g/mol. The predicted octanol–water partition coefficient (Wildman–Crippen LogP) is 1.99. The summed E-state index contributed by atoms with van der Waals surface area (Å²) in [7, 11) is 0. The van der Waals surface area contributed by atoms with Crippen molar-refractivity contribution in [2.24, 2.45) is 0 Å². The van der Waals surface area contributed by atoms with Gasteiger partial charge in [-0.05, 0) is 39.8 Å². The fourth-order valence-electron chi connectivity index (χ4n) is 3.85. The Kier molecular flexibility index (Phi) is 7.48. The minimum absolute atomic E-state index is 0.134. The number of piperazine rings is 2. The zero-order valence-electron chi connectivity index (χ0n) is 19.5. The van der Waals surface area contributed by atoms with Gasteiger partial charge in [0.25, 0.3) is 0 Å². The first-order valence-corrected chi connectivity index (χ1v) is 11.3. The molecule has 0 aromatic heterocycles. The van der Waals surface area contributed by atoms with Crippen LogP contribution in [0, 0.1) is 0 Å². The quantitative estimate of drug-likeness (QED) is 0.769. The molecule has 2 heterocycles. The number of nitrogens with zero attached hydrogens (tertiary/aromatic N) is 4. The van der Waals surface area contributed by atoms with E-state index < -0.39 is 11.6 Å². The maximum Gasteiger partial charge on any atom is 0.410 e. The van der Waals surface area contributed by atoms with E-state index in [2.05, 4.69) is 22.3 Å². The molecule has 176 valence electrons.